The molecule has 4 nitrogen and oxygen atoms in total. The summed E-state index contributed by atoms with van der Waals surface area (Å²) in [5, 5.41) is 13.6. The highest BCUT2D eigenvalue weighted by molar-refractivity contribution is 7.15. The lowest BCUT2D eigenvalue weighted by Crippen LogP contribution is -2.12. The van der Waals surface area contributed by atoms with Crippen LogP contribution in [0, 0.1) is 18.3 Å². The van der Waals surface area contributed by atoms with Crippen molar-refractivity contribution in [1.29, 1.82) is 5.26 Å². The predicted molar refractivity (Wildman–Crippen MR) is 61.0 cm³/mol. The Balaban J connectivity index is 2.42. The van der Waals surface area contributed by atoms with Crippen LogP contribution in [0.2, 0.25) is 0 Å². The maximum absolute atomic E-state index is 9.03. The summed E-state index contributed by atoms with van der Waals surface area (Å²) in [6, 6.07) is 2.24. The molecule has 0 N–H and O–H groups in total. The Hall–Kier alpha value is -1.67. The summed E-state index contributed by atoms with van der Waals surface area (Å²) in [7, 11) is 0. The predicted octanol–water partition coefficient (Wildman–Crippen LogP) is 2.91. The van der Waals surface area contributed by atoms with Crippen molar-refractivity contribution in [3.05, 3.63) is 23.2 Å². The minimum atomic E-state index is -0.548. The van der Waals surface area contributed by atoms with Crippen LogP contribution in [-0.2, 0) is 5.41 Å². The molecular formula is C11H11N3OS. The molecule has 2 rings (SSSR count). The molecule has 0 atom stereocenters. The van der Waals surface area contributed by atoms with E-state index in [1.165, 1.54) is 11.3 Å². The first-order valence-corrected chi connectivity index (χ1v) is 5.65. The van der Waals surface area contributed by atoms with Crippen molar-refractivity contribution in [1.82, 2.24) is 10.1 Å². The lowest BCUT2D eigenvalue weighted by atomic mass is 9.97. The van der Waals surface area contributed by atoms with Gasteiger partial charge in [0, 0.05) is 6.20 Å². The van der Waals surface area contributed by atoms with E-state index in [1.807, 2.05) is 20.8 Å². The molecule has 0 aromatic carbocycles. The minimum Gasteiger partial charge on any atom is -0.361 e. The molecule has 0 aliphatic rings. The van der Waals surface area contributed by atoms with E-state index in [0.717, 1.165) is 21.2 Å². The van der Waals surface area contributed by atoms with Gasteiger partial charge in [0.2, 0.25) is 0 Å². The maximum atomic E-state index is 9.03. The fourth-order valence-electron chi connectivity index (χ4n) is 1.27. The SMILES string of the molecule is Cc1oncc1-c1cnc(C(C)(C)C#N)s1. The van der Waals surface area contributed by atoms with Gasteiger partial charge in [0.25, 0.3) is 0 Å². The Kier molecular flexibility index (Phi) is 2.52. The second kappa shape index (κ2) is 3.72. The van der Waals surface area contributed by atoms with Crippen molar-refractivity contribution in [3.63, 3.8) is 0 Å². The molecule has 0 fully saturated rings. The summed E-state index contributed by atoms with van der Waals surface area (Å²) < 4.78 is 5.00. The van der Waals surface area contributed by atoms with Gasteiger partial charge in [-0.05, 0) is 20.8 Å². The van der Waals surface area contributed by atoms with Crippen LogP contribution in [-0.4, -0.2) is 10.1 Å². The van der Waals surface area contributed by atoms with E-state index in [1.54, 1.807) is 12.4 Å². The average molecular weight is 233 g/mol. The molecule has 0 unspecified atom stereocenters. The van der Waals surface area contributed by atoms with Crippen molar-refractivity contribution in [2.45, 2.75) is 26.2 Å². The topological polar surface area (TPSA) is 62.7 Å². The monoisotopic (exact) mass is 233 g/mol. The van der Waals surface area contributed by atoms with E-state index >= 15 is 0 Å². The molecule has 2 aromatic rings. The molecule has 82 valence electrons. The maximum Gasteiger partial charge on any atom is 0.142 e. The Morgan fingerprint density at radius 2 is 2.19 bits per heavy atom. The van der Waals surface area contributed by atoms with Crippen molar-refractivity contribution in [2.75, 3.05) is 0 Å². The van der Waals surface area contributed by atoms with Crippen LogP contribution >= 0.6 is 11.3 Å². The number of aryl methyl sites for hydroxylation is 1. The molecule has 16 heavy (non-hydrogen) atoms. The first-order valence-electron chi connectivity index (χ1n) is 4.84. The number of thiazole rings is 1. The molecule has 2 aromatic heterocycles. The van der Waals surface area contributed by atoms with Crippen LogP contribution in [0.1, 0.15) is 24.6 Å². The van der Waals surface area contributed by atoms with E-state index in [-0.39, 0.29) is 0 Å². The molecule has 0 saturated heterocycles. The van der Waals surface area contributed by atoms with Crippen molar-refractivity contribution < 1.29 is 4.52 Å². The van der Waals surface area contributed by atoms with Gasteiger partial charge in [-0.1, -0.05) is 5.16 Å². The summed E-state index contributed by atoms with van der Waals surface area (Å²) in [4.78, 5) is 5.27. The third-order valence-electron chi connectivity index (χ3n) is 2.34. The largest absolute Gasteiger partial charge is 0.361 e. The van der Waals surface area contributed by atoms with Gasteiger partial charge in [-0.15, -0.1) is 11.3 Å². The normalized spacial score (nSPS) is 11.4. The lowest BCUT2D eigenvalue weighted by Gasteiger charge is -2.09. The van der Waals surface area contributed by atoms with Gasteiger partial charge in [-0.2, -0.15) is 5.26 Å². The Morgan fingerprint density at radius 3 is 2.75 bits per heavy atom. The summed E-state index contributed by atoms with van der Waals surface area (Å²) >= 11 is 1.50. The molecule has 0 radical (unpaired) electrons. The number of nitriles is 1. The first-order chi connectivity index (χ1) is 7.54. The molecule has 0 aliphatic heterocycles. The quantitative estimate of drug-likeness (QED) is 0.800. The second-order valence-corrected chi connectivity index (χ2v) is 5.09. The molecule has 0 bridgehead atoms. The Labute approximate surface area is 97.5 Å². The minimum absolute atomic E-state index is 0.548. The average Bonchev–Trinajstić information content (AvgIpc) is 2.85. The standard InChI is InChI=1S/C11H11N3OS/c1-7-8(4-14-15-7)9-5-13-10(16-9)11(2,3)6-12/h4-5H,1-3H3. The molecule has 0 amide bonds. The first kappa shape index (κ1) is 10.8. The fraction of sp³-hybridized carbons (Fsp3) is 0.364. The van der Waals surface area contributed by atoms with Crippen LogP contribution in [0.5, 0.6) is 0 Å². The Bertz CT molecular complexity index is 548. The number of hydrogen-bond acceptors (Lipinski definition) is 5. The Morgan fingerprint density at radius 1 is 1.44 bits per heavy atom. The molecular weight excluding hydrogens is 222 g/mol. The summed E-state index contributed by atoms with van der Waals surface area (Å²) in [6.07, 6.45) is 3.44. The highest BCUT2D eigenvalue weighted by Gasteiger charge is 2.24. The van der Waals surface area contributed by atoms with Crippen LogP contribution in [0.4, 0.5) is 0 Å². The van der Waals surface area contributed by atoms with Crippen molar-refractivity contribution in [2.24, 2.45) is 0 Å². The van der Waals surface area contributed by atoms with Gasteiger partial charge in [0.15, 0.2) is 0 Å². The highest BCUT2D eigenvalue weighted by atomic mass is 32.1. The third-order valence-corrected chi connectivity index (χ3v) is 3.69. The number of hydrogen-bond donors (Lipinski definition) is 0. The molecule has 0 spiro atoms. The van der Waals surface area contributed by atoms with E-state index in [9.17, 15) is 0 Å². The van der Waals surface area contributed by atoms with Gasteiger partial charge >= 0.3 is 0 Å². The third kappa shape index (κ3) is 1.72. The summed E-state index contributed by atoms with van der Waals surface area (Å²) in [6.45, 7) is 5.57. The van der Waals surface area contributed by atoms with Crippen LogP contribution < -0.4 is 0 Å². The van der Waals surface area contributed by atoms with E-state index < -0.39 is 5.41 Å². The van der Waals surface area contributed by atoms with E-state index in [0.29, 0.717) is 0 Å². The zero-order valence-electron chi connectivity index (χ0n) is 9.31. The van der Waals surface area contributed by atoms with Crippen molar-refractivity contribution in [3.8, 4) is 16.5 Å². The molecule has 0 aliphatic carbocycles. The number of nitrogens with zero attached hydrogens (tertiary/aromatic N) is 3. The van der Waals surface area contributed by atoms with Crippen molar-refractivity contribution >= 4 is 11.3 Å². The molecule has 2 heterocycles. The van der Waals surface area contributed by atoms with E-state index in [4.69, 9.17) is 9.78 Å². The second-order valence-electron chi connectivity index (χ2n) is 4.06. The summed E-state index contributed by atoms with van der Waals surface area (Å²) in [5.41, 5.74) is 0.394. The van der Waals surface area contributed by atoms with Crippen LogP contribution in [0.3, 0.4) is 0 Å². The summed E-state index contributed by atoms with van der Waals surface area (Å²) in [5.74, 6) is 0.768. The number of rotatable bonds is 2. The zero-order chi connectivity index (χ0) is 11.8. The van der Waals surface area contributed by atoms with Gasteiger partial charge < -0.3 is 4.52 Å². The zero-order valence-corrected chi connectivity index (χ0v) is 10.1. The lowest BCUT2D eigenvalue weighted by molar-refractivity contribution is 0.398. The smallest absolute Gasteiger partial charge is 0.142 e. The van der Waals surface area contributed by atoms with Crippen LogP contribution in [0.25, 0.3) is 10.4 Å². The fourth-order valence-corrected chi connectivity index (χ4v) is 2.30. The van der Waals surface area contributed by atoms with Gasteiger partial charge in [-0.3, -0.25) is 0 Å². The number of aromatic nitrogens is 2. The van der Waals surface area contributed by atoms with Gasteiger partial charge in [0.1, 0.15) is 16.2 Å². The van der Waals surface area contributed by atoms with Gasteiger partial charge in [0.05, 0.1) is 22.7 Å². The highest BCUT2D eigenvalue weighted by Crippen LogP contribution is 2.33. The van der Waals surface area contributed by atoms with Crippen LogP contribution in [0.15, 0.2) is 16.9 Å². The van der Waals surface area contributed by atoms with E-state index in [2.05, 4.69) is 16.2 Å². The molecule has 5 heteroatoms. The molecule has 0 saturated carbocycles. The van der Waals surface area contributed by atoms with Gasteiger partial charge in [-0.25, -0.2) is 4.98 Å².